The van der Waals surface area contributed by atoms with Gasteiger partial charge in [0, 0.05) is 16.4 Å². The van der Waals surface area contributed by atoms with E-state index < -0.39 is 5.97 Å². The average Bonchev–Trinajstić information content (AvgIpc) is 3.36. The minimum absolute atomic E-state index is 0.158. The first-order valence-electron chi connectivity index (χ1n) is 12.8. The predicted molar refractivity (Wildman–Crippen MR) is 154 cm³/mol. The van der Waals surface area contributed by atoms with Crippen LogP contribution in [0.3, 0.4) is 0 Å². The third kappa shape index (κ3) is 6.14. The number of carbonyl (C=O) groups is 2. The highest BCUT2D eigenvalue weighted by Gasteiger charge is 2.24. The smallest absolute Gasteiger partial charge is 0.341 e. The molecule has 0 radical (unpaired) electrons. The molecule has 1 aromatic heterocycles. The van der Waals surface area contributed by atoms with Crippen molar-refractivity contribution in [2.45, 2.75) is 39.5 Å². The molecule has 38 heavy (non-hydrogen) atoms. The van der Waals surface area contributed by atoms with Gasteiger partial charge < -0.3 is 14.8 Å². The quantitative estimate of drug-likeness (QED) is 0.217. The molecule has 1 amide bonds. The molecule has 4 aromatic rings. The summed E-state index contributed by atoms with van der Waals surface area (Å²) < 4.78 is 11.1. The van der Waals surface area contributed by atoms with Crippen LogP contribution in [0, 0.1) is 0 Å². The third-order valence-electron chi connectivity index (χ3n) is 6.64. The van der Waals surface area contributed by atoms with Crippen LogP contribution in [0.1, 0.15) is 54.7 Å². The third-order valence-corrected chi connectivity index (χ3v) is 7.53. The number of nitrogens with one attached hydrogen (secondary N) is 1. The highest BCUT2D eigenvalue weighted by atomic mass is 32.1. The molecule has 1 N–H and O–H groups in total. The van der Waals surface area contributed by atoms with Crippen LogP contribution in [-0.4, -0.2) is 25.1 Å². The van der Waals surface area contributed by atoms with Gasteiger partial charge in [-0.25, -0.2) is 4.79 Å². The van der Waals surface area contributed by atoms with Crippen molar-refractivity contribution in [2.24, 2.45) is 0 Å². The lowest BCUT2D eigenvalue weighted by molar-refractivity contribution is -0.118. The van der Waals surface area contributed by atoms with E-state index in [0.29, 0.717) is 16.3 Å². The molecule has 5 nitrogen and oxygen atoms in total. The van der Waals surface area contributed by atoms with Crippen LogP contribution in [0.25, 0.3) is 11.1 Å². The Morgan fingerprint density at radius 3 is 2.16 bits per heavy atom. The van der Waals surface area contributed by atoms with Crippen molar-refractivity contribution in [1.82, 2.24) is 0 Å². The van der Waals surface area contributed by atoms with Gasteiger partial charge >= 0.3 is 5.97 Å². The van der Waals surface area contributed by atoms with Gasteiger partial charge in [-0.15, -0.1) is 11.3 Å². The standard InChI is InChI=1S/C32H33NO4S/c1-5-22-12-14-23(15-13-22)27-21-38-30(29(27)31(35)36-6-2)33-28(34)20-37-26-18-16-25(17-19-26)32(3,4)24-10-8-7-9-11-24/h7-19,21H,5-6,20H2,1-4H3,(H,33,34). The van der Waals surface area contributed by atoms with Gasteiger partial charge in [0.15, 0.2) is 6.61 Å². The van der Waals surface area contributed by atoms with E-state index in [0.717, 1.165) is 23.1 Å². The molecule has 0 saturated carbocycles. The lowest BCUT2D eigenvalue weighted by Crippen LogP contribution is -2.21. The van der Waals surface area contributed by atoms with Crippen molar-refractivity contribution in [3.8, 4) is 16.9 Å². The number of thiophene rings is 1. The van der Waals surface area contributed by atoms with Gasteiger partial charge in [0.25, 0.3) is 5.91 Å². The van der Waals surface area contributed by atoms with Crippen molar-refractivity contribution in [3.63, 3.8) is 0 Å². The van der Waals surface area contributed by atoms with E-state index in [-0.39, 0.29) is 24.5 Å². The highest BCUT2D eigenvalue weighted by molar-refractivity contribution is 7.15. The fourth-order valence-corrected chi connectivity index (χ4v) is 5.26. The van der Waals surface area contributed by atoms with Gasteiger partial charge in [-0.05, 0) is 47.7 Å². The lowest BCUT2D eigenvalue weighted by atomic mass is 9.78. The second kappa shape index (κ2) is 12.1. The largest absolute Gasteiger partial charge is 0.484 e. The first-order chi connectivity index (χ1) is 18.3. The maximum Gasteiger partial charge on any atom is 0.341 e. The van der Waals surface area contributed by atoms with Crippen molar-refractivity contribution in [1.29, 1.82) is 0 Å². The average molecular weight is 528 g/mol. The molecule has 0 fully saturated rings. The Bertz CT molecular complexity index is 1370. The van der Waals surface area contributed by atoms with Crippen LogP contribution >= 0.6 is 11.3 Å². The van der Waals surface area contributed by atoms with E-state index in [9.17, 15) is 9.59 Å². The van der Waals surface area contributed by atoms with Crippen molar-refractivity contribution < 1.29 is 19.1 Å². The van der Waals surface area contributed by atoms with Crippen LogP contribution in [-0.2, 0) is 21.4 Å². The monoisotopic (exact) mass is 527 g/mol. The predicted octanol–water partition coefficient (Wildman–Crippen LogP) is 7.50. The Kier molecular flexibility index (Phi) is 8.64. The Balaban J connectivity index is 1.44. The van der Waals surface area contributed by atoms with Crippen LogP contribution in [0.5, 0.6) is 5.75 Å². The molecule has 0 bridgehead atoms. The number of ether oxygens (including phenoxy) is 2. The Labute approximate surface area is 228 Å². The molecule has 0 aliphatic rings. The summed E-state index contributed by atoms with van der Waals surface area (Å²) in [5.41, 5.74) is 5.43. The molecular formula is C32H33NO4S. The highest BCUT2D eigenvalue weighted by Crippen LogP contribution is 2.36. The number of aryl methyl sites for hydroxylation is 1. The minimum Gasteiger partial charge on any atom is -0.484 e. The molecule has 6 heteroatoms. The molecule has 1 heterocycles. The van der Waals surface area contributed by atoms with Crippen molar-refractivity contribution in [2.75, 3.05) is 18.5 Å². The fourth-order valence-electron chi connectivity index (χ4n) is 4.29. The first-order valence-corrected chi connectivity index (χ1v) is 13.7. The molecule has 0 atom stereocenters. The summed E-state index contributed by atoms with van der Waals surface area (Å²) >= 11 is 1.30. The molecule has 0 aliphatic heterocycles. The molecule has 0 unspecified atom stereocenters. The zero-order valence-electron chi connectivity index (χ0n) is 22.2. The fraction of sp³-hybridized carbons (Fsp3) is 0.250. The maximum absolute atomic E-state index is 12.8. The van der Waals surface area contributed by atoms with E-state index in [1.54, 1.807) is 6.92 Å². The van der Waals surface area contributed by atoms with Gasteiger partial charge in [0.2, 0.25) is 0 Å². The Hall–Kier alpha value is -3.90. The van der Waals surface area contributed by atoms with Crippen LogP contribution < -0.4 is 10.1 Å². The Morgan fingerprint density at radius 1 is 0.868 bits per heavy atom. The second-order valence-corrected chi connectivity index (χ2v) is 10.4. The second-order valence-electron chi connectivity index (χ2n) is 9.48. The maximum atomic E-state index is 12.8. The van der Waals surface area contributed by atoms with Crippen molar-refractivity contribution >= 4 is 28.2 Å². The zero-order valence-corrected chi connectivity index (χ0v) is 23.1. The number of rotatable bonds is 10. The van der Waals surface area contributed by atoms with Crippen LogP contribution in [0.15, 0.2) is 84.2 Å². The molecule has 0 spiro atoms. The van der Waals surface area contributed by atoms with E-state index in [2.05, 4.69) is 38.2 Å². The number of benzene rings is 3. The summed E-state index contributed by atoms with van der Waals surface area (Å²) in [6, 6.07) is 26.2. The summed E-state index contributed by atoms with van der Waals surface area (Å²) in [6.07, 6.45) is 0.934. The number of hydrogen-bond donors (Lipinski definition) is 1. The van der Waals surface area contributed by atoms with E-state index >= 15 is 0 Å². The van der Waals surface area contributed by atoms with Gasteiger partial charge in [-0.2, -0.15) is 0 Å². The molecular weight excluding hydrogens is 494 g/mol. The summed E-state index contributed by atoms with van der Waals surface area (Å²) in [5.74, 6) is -0.212. The van der Waals surface area contributed by atoms with E-state index in [1.807, 2.05) is 72.1 Å². The SMILES string of the molecule is CCOC(=O)c1c(-c2ccc(CC)cc2)csc1NC(=O)COc1ccc(C(C)(C)c2ccccc2)cc1. The first kappa shape index (κ1) is 27.1. The van der Waals surface area contributed by atoms with E-state index in [1.165, 1.54) is 22.5 Å². The van der Waals surface area contributed by atoms with Crippen LogP contribution in [0.4, 0.5) is 5.00 Å². The summed E-state index contributed by atoms with van der Waals surface area (Å²) in [5, 5.41) is 5.17. The zero-order chi connectivity index (χ0) is 27.1. The number of amides is 1. The minimum atomic E-state index is -0.462. The van der Waals surface area contributed by atoms with Gasteiger partial charge in [0.05, 0.1) is 6.61 Å². The molecule has 196 valence electrons. The van der Waals surface area contributed by atoms with Crippen LogP contribution in [0.2, 0.25) is 0 Å². The van der Waals surface area contributed by atoms with Gasteiger partial charge in [-0.3, -0.25) is 4.79 Å². The normalized spacial score (nSPS) is 11.2. The number of esters is 1. The summed E-state index contributed by atoms with van der Waals surface area (Å²) in [7, 11) is 0. The topological polar surface area (TPSA) is 64.6 Å². The van der Waals surface area contributed by atoms with Gasteiger partial charge in [-0.1, -0.05) is 87.5 Å². The molecule has 4 rings (SSSR count). The molecule has 3 aromatic carbocycles. The summed E-state index contributed by atoms with van der Waals surface area (Å²) in [6.45, 7) is 8.29. The molecule has 0 saturated heterocycles. The van der Waals surface area contributed by atoms with Crippen molar-refractivity contribution in [3.05, 3.63) is 106 Å². The number of carbonyl (C=O) groups excluding carboxylic acids is 2. The number of hydrogen-bond acceptors (Lipinski definition) is 5. The molecule has 0 aliphatic carbocycles. The number of anilines is 1. The van der Waals surface area contributed by atoms with Gasteiger partial charge in [0.1, 0.15) is 16.3 Å². The summed E-state index contributed by atoms with van der Waals surface area (Å²) in [4.78, 5) is 25.6. The van der Waals surface area contributed by atoms with E-state index in [4.69, 9.17) is 9.47 Å². The Morgan fingerprint density at radius 2 is 1.53 bits per heavy atom. The lowest BCUT2D eigenvalue weighted by Gasteiger charge is -2.26.